The van der Waals surface area contributed by atoms with Crippen molar-refractivity contribution in [1.29, 1.82) is 0 Å². The van der Waals surface area contributed by atoms with Gasteiger partial charge in [0.15, 0.2) is 0 Å². The fourth-order valence-corrected chi connectivity index (χ4v) is 6.97. The quantitative estimate of drug-likeness (QED) is 0.151. The molecule has 42 heavy (non-hydrogen) atoms. The van der Waals surface area contributed by atoms with Gasteiger partial charge in [0.25, 0.3) is 0 Å². The van der Waals surface area contributed by atoms with E-state index in [2.05, 4.69) is 86.6 Å². The van der Waals surface area contributed by atoms with Crippen molar-refractivity contribution < 1.29 is 14.2 Å². The molecular weight excluding hydrogens is 538 g/mol. The van der Waals surface area contributed by atoms with Gasteiger partial charge in [-0.2, -0.15) is 0 Å². The van der Waals surface area contributed by atoms with E-state index in [1.807, 2.05) is 36.4 Å². The Morgan fingerprint density at radius 1 is 0.690 bits per heavy atom. The molecule has 5 aromatic rings. The summed E-state index contributed by atoms with van der Waals surface area (Å²) >= 11 is 0. The third-order valence-electron chi connectivity index (χ3n) is 7.89. The van der Waals surface area contributed by atoms with Gasteiger partial charge in [-0.3, -0.25) is 0 Å². The van der Waals surface area contributed by atoms with Crippen molar-refractivity contribution in [2.45, 2.75) is 51.5 Å². The maximum absolute atomic E-state index is 14.1. The van der Waals surface area contributed by atoms with Crippen molar-refractivity contribution in [2.75, 3.05) is 0 Å². The average Bonchev–Trinajstić information content (AvgIpc) is 3.02. The van der Waals surface area contributed by atoms with Crippen LogP contribution in [0.2, 0.25) is 0 Å². The molecule has 0 aliphatic heterocycles. The van der Waals surface area contributed by atoms with Crippen LogP contribution in [0.25, 0.3) is 0 Å². The lowest BCUT2D eigenvalue weighted by atomic mass is 9.88. The Morgan fingerprint density at radius 3 is 1.88 bits per heavy atom. The molecule has 0 saturated carbocycles. The summed E-state index contributed by atoms with van der Waals surface area (Å²) in [6, 6.07) is 40.8. The first-order valence-electron chi connectivity index (χ1n) is 14.6. The van der Waals surface area contributed by atoms with Gasteiger partial charge in [0.2, 0.25) is 0 Å². The summed E-state index contributed by atoms with van der Waals surface area (Å²) in [5.41, 5.74) is 7.80. The Morgan fingerprint density at radius 2 is 1.29 bits per heavy atom. The number of halogens is 1. The number of rotatable bonds is 12. The third kappa shape index (κ3) is 7.34. The van der Waals surface area contributed by atoms with Crippen LogP contribution in [0.4, 0.5) is 4.39 Å². The summed E-state index contributed by atoms with van der Waals surface area (Å²) in [6.07, 6.45) is 2.42. The summed E-state index contributed by atoms with van der Waals surface area (Å²) in [4.78, 5) is 0. The van der Waals surface area contributed by atoms with Crippen LogP contribution in [-0.2, 0) is 31.2 Å². The highest BCUT2D eigenvalue weighted by Crippen LogP contribution is 2.49. The molecule has 0 bridgehead atoms. The van der Waals surface area contributed by atoms with E-state index in [-0.39, 0.29) is 17.6 Å². The SMILES string of the molecule is CCC(C)(Pc1ccc(F)cc1CO)c1cc(Cc2ccccc2)cc(Cc2ccccc2)c1OCc1ccccc1. The lowest BCUT2D eigenvalue weighted by molar-refractivity contribution is 0.282. The molecule has 0 radical (unpaired) electrons. The normalized spacial score (nSPS) is 12.9. The van der Waals surface area contributed by atoms with Crippen LogP contribution in [0, 0.1) is 5.82 Å². The predicted octanol–water partition coefficient (Wildman–Crippen LogP) is 8.71. The number of ether oxygens (including phenoxy) is 1. The summed E-state index contributed by atoms with van der Waals surface area (Å²) in [5.74, 6) is 0.594. The lowest BCUT2D eigenvalue weighted by Crippen LogP contribution is -2.22. The smallest absolute Gasteiger partial charge is 0.127 e. The molecule has 1 N–H and O–H groups in total. The van der Waals surface area contributed by atoms with Crippen LogP contribution in [-0.4, -0.2) is 5.11 Å². The van der Waals surface area contributed by atoms with E-state index < -0.39 is 0 Å². The summed E-state index contributed by atoms with van der Waals surface area (Å²) < 4.78 is 20.9. The molecule has 0 amide bonds. The van der Waals surface area contributed by atoms with Gasteiger partial charge in [-0.05, 0) is 63.7 Å². The van der Waals surface area contributed by atoms with Gasteiger partial charge in [0.05, 0.1) is 6.61 Å². The average molecular weight is 577 g/mol. The van der Waals surface area contributed by atoms with Gasteiger partial charge in [-0.1, -0.05) is 132 Å². The highest BCUT2D eigenvalue weighted by Gasteiger charge is 2.31. The molecule has 4 heteroatoms. The Balaban J connectivity index is 1.65. The summed E-state index contributed by atoms with van der Waals surface area (Å²) in [6.45, 7) is 4.76. The van der Waals surface area contributed by atoms with Gasteiger partial charge >= 0.3 is 0 Å². The molecule has 0 fully saturated rings. The highest BCUT2D eigenvalue weighted by molar-refractivity contribution is 7.48. The zero-order chi connectivity index (χ0) is 29.4. The van der Waals surface area contributed by atoms with Crippen LogP contribution in [0.3, 0.4) is 0 Å². The number of benzene rings is 5. The maximum atomic E-state index is 14.1. The van der Waals surface area contributed by atoms with E-state index in [9.17, 15) is 9.50 Å². The van der Waals surface area contributed by atoms with E-state index in [0.29, 0.717) is 20.8 Å². The molecule has 5 rings (SSSR count). The van der Waals surface area contributed by atoms with Crippen LogP contribution >= 0.6 is 8.58 Å². The molecule has 2 nitrogen and oxygen atoms in total. The standard InChI is InChI=1S/C38H38FO2P/c1-3-38(2,42-36-20-19-34(39)25-33(36)26-40)35-24-31(21-28-13-7-4-8-14-28)23-32(22-29-15-9-5-10-16-29)37(35)41-27-30-17-11-6-12-18-30/h4-20,23-25,40,42H,3,21-22,26-27H2,1-2H3. The molecule has 0 spiro atoms. The minimum atomic E-state index is -0.326. The Hall–Kier alpha value is -3.78. The second-order valence-electron chi connectivity index (χ2n) is 11.0. The molecule has 0 aromatic heterocycles. The first kappa shape index (κ1) is 29.7. The molecule has 0 aliphatic rings. The molecule has 0 aliphatic carbocycles. The van der Waals surface area contributed by atoms with Crippen LogP contribution in [0.15, 0.2) is 121 Å². The van der Waals surface area contributed by atoms with E-state index >= 15 is 0 Å². The number of hydrogen-bond acceptors (Lipinski definition) is 2. The lowest BCUT2D eigenvalue weighted by Gasteiger charge is -2.33. The second-order valence-corrected chi connectivity index (χ2v) is 12.9. The van der Waals surface area contributed by atoms with E-state index in [4.69, 9.17) is 4.74 Å². The van der Waals surface area contributed by atoms with Crippen LogP contribution < -0.4 is 10.0 Å². The number of aliphatic hydroxyl groups is 1. The molecule has 0 heterocycles. The highest BCUT2D eigenvalue weighted by atomic mass is 31.1. The van der Waals surface area contributed by atoms with Crippen molar-refractivity contribution in [3.63, 3.8) is 0 Å². The molecule has 0 saturated heterocycles. The van der Waals surface area contributed by atoms with Gasteiger partial charge in [0, 0.05) is 17.1 Å². The molecule has 214 valence electrons. The fraction of sp³-hybridized carbons (Fsp3) is 0.211. The first-order valence-corrected chi connectivity index (χ1v) is 15.6. The van der Waals surface area contributed by atoms with Crippen LogP contribution in [0.5, 0.6) is 5.75 Å². The van der Waals surface area contributed by atoms with Crippen molar-refractivity contribution >= 4 is 13.9 Å². The maximum Gasteiger partial charge on any atom is 0.127 e. The predicted molar refractivity (Wildman–Crippen MR) is 174 cm³/mol. The minimum absolute atomic E-state index is 0.190. The summed E-state index contributed by atoms with van der Waals surface area (Å²) in [7, 11) is 0.317. The third-order valence-corrected chi connectivity index (χ3v) is 9.82. The van der Waals surface area contributed by atoms with Gasteiger partial charge < -0.3 is 9.84 Å². The fourth-order valence-electron chi connectivity index (χ4n) is 5.40. The Labute approximate surface area is 251 Å². The Kier molecular flexibility index (Phi) is 9.85. The molecule has 5 aromatic carbocycles. The number of aliphatic hydroxyl groups excluding tert-OH is 1. The van der Waals surface area contributed by atoms with Gasteiger partial charge in [0.1, 0.15) is 18.2 Å². The largest absolute Gasteiger partial charge is 0.488 e. The monoisotopic (exact) mass is 576 g/mol. The topological polar surface area (TPSA) is 29.5 Å². The van der Waals surface area contributed by atoms with Crippen molar-refractivity contribution in [2.24, 2.45) is 0 Å². The molecular formula is C38H38FO2P. The Bertz CT molecular complexity index is 1590. The van der Waals surface area contributed by atoms with Crippen LogP contribution in [0.1, 0.15) is 59.2 Å². The van der Waals surface area contributed by atoms with Gasteiger partial charge in [-0.25, -0.2) is 4.39 Å². The summed E-state index contributed by atoms with van der Waals surface area (Å²) in [5, 5.41) is 10.8. The second kappa shape index (κ2) is 13.9. The molecule has 2 atom stereocenters. The number of hydrogen-bond donors (Lipinski definition) is 1. The van der Waals surface area contributed by atoms with E-state index in [0.717, 1.165) is 47.0 Å². The van der Waals surface area contributed by atoms with Crippen molar-refractivity contribution in [3.8, 4) is 5.75 Å². The first-order chi connectivity index (χ1) is 20.5. The van der Waals surface area contributed by atoms with Crippen molar-refractivity contribution in [1.82, 2.24) is 0 Å². The zero-order valence-corrected chi connectivity index (χ0v) is 25.3. The van der Waals surface area contributed by atoms with Gasteiger partial charge in [-0.15, -0.1) is 0 Å². The van der Waals surface area contributed by atoms with Crippen molar-refractivity contribution in [3.05, 3.63) is 166 Å². The van der Waals surface area contributed by atoms with E-state index in [1.165, 1.54) is 28.8 Å². The van der Waals surface area contributed by atoms with E-state index in [1.54, 1.807) is 0 Å². The zero-order valence-electron chi connectivity index (χ0n) is 24.3. The minimum Gasteiger partial charge on any atom is -0.488 e. The molecule has 2 unspecified atom stereocenters.